The van der Waals surface area contributed by atoms with Crippen LogP contribution in [0.15, 0.2) is 24.5 Å². The second kappa shape index (κ2) is 5.27. The molecule has 0 saturated carbocycles. The van der Waals surface area contributed by atoms with Gasteiger partial charge in [-0.1, -0.05) is 0 Å². The van der Waals surface area contributed by atoms with Crippen molar-refractivity contribution in [2.24, 2.45) is 0 Å². The number of nitrogens with one attached hydrogen (secondary N) is 1. The number of amides is 1. The first-order valence-corrected chi connectivity index (χ1v) is 4.32. The van der Waals surface area contributed by atoms with Crippen molar-refractivity contribution in [1.82, 2.24) is 10.3 Å². The van der Waals surface area contributed by atoms with Gasteiger partial charge in [0.2, 0.25) is 0 Å². The lowest BCUT2D eigenvalue weighted by Gasteiger charge is -2.01. The Bertz CT molecular complexity index is 261. The molecule has 4 heteroatoms. The van der Waals surface area contributed by atoms with E-state index in [1.807, 2.05) is 0 Å². The average Bonchev–Trinajstić information content (AvgIpc) is 2.19. The van der Waals surface area contributed by atoms with Crippen LogP contribution in [-0.4, -0.2) is 24.0 Å². The Morgan fingerprint density at radius 2 is 2.46 bits per heavy atom. The molecule has 0 radical (unpaired) electrons. The predicted molar refractivity (Wildman–Crippen MR) is 48.9 cm³/mol. The van der Waals surface area contributed by atoms with Crippen LogP contribution in [0.1, 0.15) is 16.8 Å². The number of carbonyl (C=O) groups is 1. The molecule has 0 saturated heterocycles. The van der Waals surface area contributed by atoms with E-state index in [1.54, 1.807) is 24.5 Å². The number of aromatic nitrogens is 1. The zero-order valence-corrected chi connectivity index (χ0v) is 7.49. The summed E-state index contributed by atoms with van der Waals surface area (Å²) < 4.78 is 0. The van der Waals surface area contributed by atoms with E-state index < -0.39 is 0 Å². The van der Waals surface area contributed by atoms with Crippen LogP contribution in [-0.2, 0) is 0 Å². The molecule has 0 aliphatic heterocycles. The molecule has 4 N–H and O–H groups in total. The topological polar surface area (TPSA) is 69.6 Å². The zero-order valence-electron chi connectivity index (χ0n) is 7.49. The molecule has 0 atom stereocenters. The molecule has 70 valence electrons. The molecule has 4 nitrogen and oxygen atoms in total. The molecule has 0 spiro atoms. The first-order valence-electron chi connectivity index (χ1n) is 4.32. The standard InChI is InChI=1S/C9H13N3O/c10-4-2-6-12-9(13)8-3-1-5-11-7-8/h1,3,5,7H,2,4,6,10H2,(H,12,13)/p+1. The van der Waals surface area contributed by atoms with Crippen molar-refractivity contribution < 1.29 is 10.5 Å². The number of rotatable bonds is 4. The Kier molecular flexibility index (Phi) is 3.92. The number of carbonyl (C=O) groups excluding carboxylic acids is 1. The van der Waals surface area contributed by atoms with E-state index >= 15 is 0 Å². The van der Waals surface area contributed by atoms with E-state index in [-0.39, 0.29) is 5.91 Å². The lowest BCUT2D eigenvalue weighted by Crippen LogP contribution is -2.51. The maximum absolute atomic E-state index is 11.3. The van der Waals surface area contributed by atoms with E-state index in [4.69, 9.17) is 0 Å². The third-order valence-corrected chi connectivity index (χ3v) is 1.64. The van der Waals surface area contributed by atoms with E-state index in [2.05, 4.69) is 16.0 Å². The van der Waals surface area contributed by atoms with Crippen molar-refractivity contribution >= 4 is 5.91 Å². The van der Waals surface area contributed by atoms with Gasteiger partial charge in [0.1, 0.15) is 0 Å². The lowest BCUT2D eigenvalue weighted by molar-refractivity contribution is -0.367. The summed E-state index contributed by atoms with van der Waals surface area (Å²) in [5, 5.41) is 2.78. The molecular formula is C9H14N3O+. The Morgan fingerprint density at radius 1 is 1.62 bits per heavy atom. The summed E-state index contributed by atoms with van der Waals surface area (Å²) in [6, 6.07) is 3.49. The number of quaternary nitrogens is 1. The monoisotopic (exact) mass is 180 g/mol. The van der Waals surface area contributed by atoms with Crippen molar-refractivity contribution in [3.8, 4) is 0 Å². The van der Waals surface area contributed by atoms with Crippen LogP contribution in [0.3, 0.4) is 0 Å². The second-order valence-electron chi connectivity index (χ2n) is 2.70. The van der Waals surface area contributed by atoms with Gasteiger partial charge in [-0.2, -0.15) is 0 Å². The molecule has 0 aromatic carbocycles. The molecule has 1 heterocycles. The fourth-order valence-electron chi connectivity index (χ4n) is 0.926. The third kappa shape index (κ3) is 3.21. The predicted octanol–water partition coefficient (Wildman–Crippen LogP) is -0.557. The number of hydrogen-bond acceptors (Lipinski definition) is 2. The van der Waals surface area contributed by atoms with Crippen molar-refractivity contribution in [2.75, 3.05) is 13.1 Å². The SMILES string of the molecule is [NH3+]CCCNC(=O)c1cccnc1. The zero-order chi connectivity index (χ0) is 9.52. The van der Waals surface area contributed by atoms with Gasteiger partial charge in [-0.3, -0.25) is 9.78 Å². The van der Waals surface area contributed by atoms with Crippen LogP contribution in [0.2, 0.25) is 0 Å². The highest BCUT2D eigenvalue weighted by atomic mass is 16.1. The van der Waals surface area contributed by atoms with Gasteiger partial charge in [0.05, 0.1) is 12.1 Å². The lowest BCUT2D eigenvalue weighted by atomic mass is 10.2. The van der Waals surface area contributed by atoms with E-state index in [9.17, 15) is 4.79 Å². The van der Waals surface area contributed by atoms with Gasteiger partial charge in [0.25, 0.3) is 5.91 Å². The summed E-state index contributed by atoms with van der Waals surface area (Å²) in [4.78, 5) is 15.2. The minimum Gasteiger partial charge on any atom is -0.358 e. The van der Waals surface area contributed by atoms with Gasteiger partial charge < -0.3 is 11.1 Å². The molecule has 0 unspecified atom stereocenters. The molecule has 0 aliphatic rings. The van der Waals surface area contributed by atoms with E-state index in [1.165, 1.54) is 0 Å². The molecule has 13 heavy (non-hydrogen) atoms. The van der Waals surface area contributed by atoms with Crippen LogP contribution >= 0.6 is 0 Å². The highest BCUT2D eigenvalue weighted by molar-refractivity contribution is 5.93. The van der Waals surface area contributed by atoms with Crippen LogP contribution in [0.25, 0.3) is 0 Å². The minimum absolute atomic E-state index is 0.0680. The van der Waals surface area contributed by atoms with Crippen LogP contribution in [0.5, 0.6) is 0 Å². The van der Waals surface area contributed by atoms with Crippen LogP contribution in [0, 0.1) is 0 Å². The first-order chi connectivity index (χ1) is 6.34. The second-order valence-corrected chi connectivity index (χ2v) is 2.70. The normalized spacial score (nSPS) is 9.62. The first kappa shape index (κ1) is 9.67. The van der Waals surface area contributed by atoms with Crippen molar-refractivity contribution in [3.05, 3.63) is 30.1 Å². The quantitative estimate of drug-likeness (QED) is 0.610. The highest BCUT2D eigenvalue weighted by Gasteiger charge is 2.02. The van der Waals surface area contributed by atoms with Crippen molar-refractivity contribution in [1.29, 1.82) is 0 Å². The molecule has 1 aromatic rings. The maximum Gasteiger partial charge on any atom is 0.252 e. The summed E-state index contributed by atoms with van der Waals surface area (Å²) in [5.41, 5.74) is 4.29. The highest BCUT2D eigenvalue weighted by Crippen LogP contribution is 1.94. The third-order valence-electron chi connectivity index (χ3n) is 1.64. The number of hydrogen-bond donors (Lipinski definition) is 2. The van der Waals surface area contributed by atoms with Crippen LogP contribution in [0.4, 0.5) is 0 Å². The summed E-state index contributed by atoms with van der Waals surface area (Å²) in [5.74, 6) is -0.0680. The Balaban J connectivity index is 2.40. The fraction of sp³-hybridized carbons (Fsp3) is 0.333. The van der Waals surface area contributed by atoms with Gasteiger partial charge in [0, 0.05) is 25.4 Å². The van der Waals surface area contributed by atoms with Gasteiger partial charge in [0.15, 0.2) is 0 Å². The van der Waals surface area contributed by atoms with E-state index in [0.29, 0.717) is 12.1 Å². The van der Waals surface area contributed by atoms with Crippen LogP contribution < -0.4 is 11.1 Å². The summed E-state index contributed by atoms with van der Waals surface area (Å²) >= 11 is 0. The molecule has 1 amide bonds. The Labute approximate surface area is 77.2 Å². The minimum atomic E-state index is -0.0680. The summed E-state index contributed by atoms with van der Waals surface area (Å²) in [7, 11) is 0. The average molecular weight is 180 g/mol. The van der Waals surface area contributed by atoms with Gasteiger partial charge in [-0.25, -0.2) is 0 Å². The van der Waals surface area contributed by atoms with E-state index in [0.717, 1.165) is 13.0 Å². The van der Waals surface area contributed by atoms with Gasteiger partial charge in [-0.05, 0) is 12.1 Å². The summed E-state index contributed by atoms with van der Waals surface area (Å²) in [6.45, 7) is 1.52. The van der Waals surface area contributed by atoms with Crippen molar-refractivity contribution in [2.45, 2.75) is 6.42 Å². The molecule has 0 fully saturated rings. The largest absolute Gasteiger partial charge is 0.358 e. The fourth-order valence-corrected chi connectivity index (χ4v) is 0.926. The molecule has 0 aliphatic carbocycles. The molecule has 1 rings (SSSR count). The van der Waals surface area contributed by atoms with Crippen molar-refractivity contribution in [3.63, 3.8) is 0 Å². The number of nitrogens with zero attached hydrogens (tertiary/aromatic N) is 1. The summed E-state index contributed by atoms with van der Waals surface area (Å²) in [6.07, 6.45) is 4.11. The maximum atomic E-state index is 11.3. The molecule has 1 aromatic heterocycles. The van der Waals surface area contributed by atoms with Gasteiger partial charge >= 0.3 is 0 Å². The number of pyridine rings is 1. The molecule has 0 bridgehead atoms. The smallest absolute Gasteiger partial charge is 0.252 e. The Hall–Kier alpha value is -1.42. The Morgan fingerprint density at radius 3 is 3.08 bits per heavy atom. The molecular weight excluding hydrogens is 166 g/mol. The van der Waals surface area contributed by atoms with Gasteiger partial charge in [-0.15, -0.1) is 0 Å².